The van der Waals surface area contributed by atoms with Crippen LogP contribution in [0, 0.1) is 11.3 Å². The Balaban J connectivity index is 2.50. The maximum absolute atomic E-state index is 10.8. The van der Waals surface area contributed by atoms with Gasteiger partial charge in [-0.15, -0.1) is 0 Å². The van der Waals surface area contributed by atoms with Gasteiger partial charge in [0.05, 0.1) is 17.0 Å². The maximum Gasteiger partial charge on any atom is 0.335 e. The molecule has 1 aromatic rings. The third-order valence-electron chi connectivity index (χ3n) is 2.66. The Morgan fingerprint density at radius 1 is 1.47 bits per heavy atom. The number of carbonyl (C=O) groups is 1. The first-order valence-corrected chi connectivity index (χ1v) is 4.91. The van der Waals surface area contributed by atoms with Crippen LogP contribution in [0.5, 0.6) is 0 Å². The van der Waals surface area contributed by atoms with Crippen LogP contribution in [0.1, 0.15) is 28.8 Å². The molecular weight excluding hydrogens is 214 g/mol. The second-order valence-corrected chi connectivity index (χ2v) is 4.16. The van der Waals surface area contributed by atoms with Crippen LogP contribution in [0.15, 0.2) is 18.2 Å². The van der Waals surface area contributed by atoms with E-state index in [0.29, 0.717) is 5.02 Å². The van der Waals surface area contributed by atoms with Crippen LogP contribution in [0.2, 0.25) is 5.02 Å². The van der Waals surface area contributed by atoms with Crippen LogP contribution in [-0.2, 0) is 5.41 Å². The highest BCUT2D eigenvalue weighted by molar-refractivity contribution is 6.31. The Morgan fingerprint density at radius 3 is 2.60 bits per heavy atom. The van der Waals surface area contributed by atoms with Crippen LogP contribution in [0.25, 0.3) is 0 Å². The number of benzene rings is 1. The SMILES string of the molecule is N#CC1(c2cc(Cl)cc(C(=O)O)c2)CC1. The summed E-state index contributed by atoms with van der Waals surface area (Å²) in [6.07, 6.45) is 1.56. The van der Waals surface area contributed by atoms with E-state index in [9.17, 15) is 4.79 Å². The Bertz CT molecular complexity index is 472. The minimum absolute atomic E-state index is 0.138. The predicted octanol–water partition coefficient (Wildman–Crippen LogP) is 2.59. The lowest BCUT2D eigenvalue weighted by atomic mass is 9.96. The zero-order valence-electron chi connectivity index (χ0n) is 7.83. The molecule has 1 N–H and O–H groups in total. The van der Waals surface area contributed by atoms with E-state index in [2.05, 4.69) is 6.07 Å². The van der Waals surface area contributed by atoms with E-state index in [0.717, 1.165) is 18.4 Å². The first kappa shape index (κ1) is 10.0. The van der Waals surface area contributed by atoms with Crippen molar-refractivity contribution in [1.82, 2.24) is 0 Å². The fourth-order valence-electron chi connectivity index (χ4n) is 1.58. The number of nitrogens with zero attached hydrogens (tertiary/aromatic N) is 1. The first-order chi connectivity index (χ1) is 7.07. The summed E-state index contributed by atoms with van der Waals surface area (Å²) in [5.74, 6) is -1.02. The Morgan fingerprint density at radius 2 is 2.13 bits per heavy atom. The number of aromatic carboxylic acids is 1. The Hall–Kier alpha value is -1.53. The van der Waals surface area contributed by atoms with Crippen LogP contribution >= 0.6 is 11.6 Å². The molecule has 4 heteroatoms. The van der Waals surface area contributed by atoms with Crippen LogP contribution in [0.3, 0.4) is 0 Å². The smallest absolute Gasteiger partial charge is 0.335 e. The molecule has 0 aliphatic heterocycles. The molecule has 3 nitrogen and oxygen atoms in total. The van der Waals surface area contributed by atoms with Crippen molar-refractivity contribution in [2.75, 3.05) is 0 Å². The van der Waals surface area contributed by atoms with Gasteiger partial charge in [0, 0.05) is 5.02 Å². The molecule has 0 aromatic heterocycles. The lowest BCUT2D eigenvalue weighted by Crippen LogP contribution is -2.05. The molecule has 2 rings (SSSR count). The molecule has 0 saturated heterocycles. The second kappa shape index (κ2) is 3.25. The van der Waals surface area contributed by atoms with Crippen molar-refractivity contribution >= 4 is 17.6 Å². The lowest BCUT2D eigenvalue weighted by molar-refractivity contribution is 0.0696. The summed E-state index contributed by atoms with van der Waals surface area (Å²) in [4.78, 5) is 10.8. The van der Waals surface area contributed by atoms with Gasteiger partial charge in [-0.25, -0.2) is 4.79 Å². The monoisotopic (exact) mass is 221 g/mol. The zero-order chi connectivity index (χ0) is 11.1. The highest BCUT2D eigenvalue weighted by Crippen LogP contribution is 2.48. The molecular formula is C11H8ClNO2. The number of rotatable bonds is 2. The summed E-state index contributed by atoms with van der Waals surface area (Å²) in [5.41, 5.74) is 0.365. The minimum atomic E-state index is -1.02. The molecule has 0 heterocycles. The van der Waals surface area contributed by atoms with Gasteiger partial charge in [-0.2, -0.15) is 5.26 Å². The van der Waals surface area contributed by atoms with Gasteiger partial charge in [-0.1, -0.05) is 11.6 Å². The van der Waals surface area contributed by atoms with E-state index in [1.54, 1.807) is 6.07 Å². The summed E-state index contributed by atoms with van der Waals surface area (Å²) in [6, 6.07) is 6.80. The molecule has 1 aromatic carbocycles. The second-order valence-electron chi connectivity index (χ2n) is 3.73. The van der Waals surface area contributed by atoms with Gasteiger partial charge in [0.2, 0.25) is 0 Å². The highest BCUT2D eigenvalue weighted by Gasteiger charge is 2.45. The van der Waals surface area contributed by atoms with Crippen LogP contribution in [0.4, 0.5) is 0 Å². The molecule has 15 heavy (non-hydrogen) atoms. The Labute approximate surface area is 91.9 Å². The fraction of sp³-hybridized carbons (Fsp3) is 0.273. The maximum atomic E-state index is 10.8. The van der Waals surface area contributed by atoms with Gasteiger partial charge in [0.1, 0.15) is 0 Å². The summed E-state index contributed by atoms with van der Waals surface area (Å²) in [5, 5.41) is 18.2. The number of halogens is 1. The topological polar surface area (TPSA) is 61.1 Å². The molecule has 0 unspecified atom stereocenters. The fourth-order valence-corrected chi connectivity index (χ4v) is 1.81. The average molecular weight is 222 g/mol. The summed E-state index contributed by atoms with van der Waals surface area (Å²) >= 11 is 5.81. The molecule has 1 aliphatic carbocycles. The molecule has 0 amide bonds. The quantitative estimate of drug-likeness (QED) is 0.835. The van der Waals surface area contributed by atoms with E-state index in [1.165, 1.54) is 12.1 Å². The minimum Gasteiger partial charge on any atom is -0.478 e. The highest BCUT2D eigenvalue weighted by atomic mass is 35.5. The summed E-state index contributed by atoms with van der Waals surface area (Å²) in [7, 11) is 0. The van der Waals surface area contributed by atoms with Crippen molar-refractivity contribution in [3.8, 4) is 6.07 Å². The standard InChI is InChI=1S/C11H8ClNO2/c12-9-4-7(10(14)15)3-8(5-9)11(6-13)1-2-11/h3-5H,1-2H2,(H,14,15). The number of nitriles is 1. The number of hydrogen-bond donors (Lipinski definition) is 1. The van der Waals surface area contributed by atoms with Gasteiger partial charge < -0.3 is 5.11 Å². The third-order valence-corrected chi connectivity index (χ3v) is 2.88. The van der Waals surface area contributed by atoms with Crippen molar-refractivity contribution in [2.24, 2.45) is 0 Å². The van der Waals surface area contributed by atoms with E-state index in [1.807, 2.05) is 0 Å². The number of carboxylic acid groups (broad SMARTS) is 1. The zero-order valence-corrected chi connectivity index (χ0v) is 8.58. The molecule has 1 fully saturated rings. The van der Waals surface area contributed by atoms with Gasteiger partial charge in [-0.05, 0) is 36.6 Å². The molecule has 1 saturated carbocycles. The molecule has 0 bridgehead atoms. The normalized spacial score (nSPS) is 16.8. The first-order valence-electron chi connectivity index (χ1n) is 4.53. The lowest BCUT2D eigenvalue weighted by Gasteiger charge is -2.07. The van der Waals surface area contributed by atoms with Crippen molar-refractivity contribution in [3.05, 3.63) is 34.3 Å². The molecule has 76 valence electrons. The van der Waals surface area contributed by atoms with Crippen molar-refractivity contribution in [2.45, 2.75) is 18.3 Å². The molecule has 1 aliphatic rings. The van der Waals surface area contributed by atoms with Crippen molar-refractivity contribution < 1.29 is 9.90 Å². The van der Waals surface area contributed by atoms with E-state index >= 15 is 0 Å². The van der Waals surface area contributed by atoms with Gasteiger partial charge in [0.15, 0.2) is 0 Å². The largest absolute Gasteiger partial charge is 0.478 e. The molecule has 0 spiro atoms. The Kier molecular flexibility index (Phi) is 2.17. The number of hydrogen-bond acceptors (Lipinski definition) is 2. The number of carboxylic acids is 1. The van der Waals surface area contributed by atoms with E-state index < -0.39 is 11.4 Å². The van der Waals surface area contributed by atoms with Gasteiger partial charge >= 0.3 is 5.97 Å². The predicted molar refractivity (Wildman–Crippen MR) is 54.9 cm³/mol. The van der Waals surface area contributed by atoms with Gasteiger partial charge in [-0.3, -0.25) is 0 Å². The van der Waals surface area contributed by atoms with Crippen LogP contribution in [-0.4, -0.2) is 11.1 Å². The molecule has 0 radical (unpaired) electrons. The van der Waals surface area contributed by atoms with Crippen molar-refractivity contribution in [1.29, 1.82) is 5.26 Å². The summed E-state index contributed by atoms with van der Waals surface area (Å²) < 4.78 is 0. The average Bonchev–Trinajstić information content (AvgIpc) is 2.97. The van der Waals surface area contributed by atoms with Crippen molar-refractivity contribution in [3.63, 3.8) is 0 Å². The third kappa shape index (κ3) is 1.69. The van der Waals surface area contributed by atoms with Gasteiger partial charge in [0.25, 0.3) is 0 Å². The molecule has 0 atom stereocenters. The van der Waals surface area contributed by atoms with E-state index in [-0.39, 0.29) is 5.56 Å². The summed E-state index contributed by atoms with van der Waals surface area (Å²) in [6.45, 7) is 0. The van der Waals surface area contributed by atoms with Crippen LogP contribution < -0.4 is 0 Å². The van der Waals surface area contributed by atoms with E-state index in [4.69, 9.17) is 22.0 Å².